The molecule has 1 aromatic heterocycles. The van der Waals surface area contributed by atoms with Crippen molar-refractivity contribution in [1.82, 2.24) is 20.1 Å². The van der Waals surface area contributed by atoms with Gasteiger partial charge >= 0.3 is 0 Å². The zero-order chi connectivity index (χ0) is 14.4. The van der Waals surface area contributed by atoms with Gasteiger partial charge in [-0.25, -0.2) is 0 Å². The molecule has 0 aliphatic carbocycles. The highest BCUT2D eigenvalue weighted by Crippen LogP contribution is 2.21. The van der Waals surface area contributed by atoms with Gasteiger partial charge in [-0.05, 0) is 26.2 Å². The van der Waals surface area contributed by atoms with Crippen molar-refractivity contribution in [3.63, 3.8) is 0 Å². The van der Waals surface area contributed by atoms with Crippen LogP contribution in [0.25, 0.3) is 0 Å². The Balaban J connectivity index is 1.85. The molecule has 0 unspecified atom stereocenters. The Labute approximate surface area is 124 Å². The molecule has 1 atom stereocenters. The van der Waals surface area contributed by atoms with Gasteiger partial charge in [-0.2, -0.15) is 0 Å². The van der Waals surface area contributed by atoms with Crippen molar-refractivity contribution in [2.75, 3.05) is 5.75 Å². The molecule has 2 rings (SSSR count). The third kappa shape index (κ3) is 4.23. The fraction of sp³-hybridized carbons (Fsp3) is 0.786. The van der Waals surface area contributed by atoms with Gasteiger partial charge < -0.3 is 9.88 Å². The van der Waals surface area contributed by atoms with Gasteiger partial charge in [0.25, 0.3) is 0 Å². The van der Waals surface area contributed by atoms with Crippen LogP contribution in [0.1, 0.15) is 51.8 Å². The van der Waals surface area contributed by atoms with Crippen LogP contribution in [0.4, 0.5) is 0 Å². The zero-order valence-electron chi connectivity index (χ0n) is 12.4. The number of carbonyl (C=O) groups is 1. The first-order valence-corrected chi connectivity index (χ1v) is 8.53. The van der Waals surface area contributed by atoms with Crippen LogP contribution in [-0.4, -0.2) is 32.5 Å². The molecule has 0 saturated heterocycles. The number of nitrogens with one attached hydrogen (secondary N) is 1. The second-order valence-corrected chi connectivity index (χ2v) is 6.35. The molecule has 0 fully saturated rings. The molecule has 0 aromatic carbocycles. The summed E-state index contributed by atoms with van der Waals surface area (Å²) in [6.07, 6.45) is 6.74. The minimum atomic E-state index is 0.0851. The maximum absolute atomic E-state index is 11.9. The summed E-state index contributed by atoms with van der Waals surface area (Å²) in [6, 6.07) is 0.253. The highest BCUT2D eigenvalue weighted by molar-refractivity contribution is 7.99. The normalized spacial score (nSPS) is 16.3. The highest BCUT2D eigenvalue weighted by Gasteiger charge is 2.16. The van der Waals surface area contributed by atoms with Crippen molar-refractivity contribution in [2.45, 2.75) is 70.1 Å². The standard InChI is InChI=1S/C14H24N4OS/c1-3-7-11(2)15-13(19)10-20-14-17-16-12-8-5-4-6-9-18(12)14/h11H,3-10H2,1-2H3,(H,15,19)/t11-/m0/s1. The largest absolute Gasteiger partial charge is 0.353 e. The van der Waals surface area contributed by atoms with Crippen LogP contribution in [0.5, 0.6) is 0 Å². The maximum Gasteiger partial charge on any atom is 0.230 e. The monoisotopic (exact) mass is 296 g/mol. The van der Waals surface area contributed by atoms with Crippen LogP contribution in [-0.2, 0) is 17.8 Å². The average Bonchev–Trinajstić information content (AvgIpc) is 2.64. The third-order valence-electron chi connectivity index (χ3n) is 3.54. The molecule has 1 amide bonds. The van der Waals surface area contributed by atoms with E-state index in [4.69, 9.17) is 0 Å². The summed E-state index contributed by atoms with van der Waals surface area (Å²) in [5.74, 6) is 1.58. The lowest BCUT2D eigenvalue weighted by Gasteiger charge is -2.12. The highest BCUT2D eigenvalue weighted by atomic mass is 32.2. The lowest BCUT2D eigenvalue weighted by atomic mass is 10.2. The number of aryl methyl sites for hydroxylation is 1. The maximum atomic E-state index is 11.9. The molecular weight excluding hydrogens is 272 g/mol. The van der Waals surface area contributed by atoms with E-state index >= 15 is 0 Å². The van der Waals surface area contributed by atoms with E-state index in [1.54, 1.807) is 0 Å². The van der Waals surface area contributed by atoms with Crippen LogP contribution in [0.15, 0.2) is 5.16 Å². The summed E-state index contributed by atoms with van der Waals surface area (Å²) < 4.78 is 2.18. The Bertz CT molecular complexity index is 446. The smallest absolute Gasteiger partial charge is 0.230 e. The van der Waals surface area contributed by atoms with Gasteiger partial charge in [-0.3, -0.25) is 4.79 Å². The molecule has 0 radical (unpaired) electrons. The van der Waals surface area contributed by atoms with Gasteiger partial charge in [0.1, 0.15) is 5.82 Å². The Kier molecular flexibility index (Phi) is 5.88. The molecule has 1 aliphatic heterocycles. The Hall–Kier alpha value is -1.04. The Morgan fingerprint density at radius 3 is 3.05 bits per heavy atom. The predicted octanol–water partition coefficient (Wildman–Crippen LogP) is 2.40. The van der Waals surface area contributed by atoms with Crippen LogP contribution < -0.4 is 5.32 Å². The molecule has 20 heavy (non-hydrogen) atoms. The number of amides is 1. The van der Waals surface area contributed by atoms with Gasteiger partial charge in [-0.15, -0.1) is 10.2 Å². The zero-order valence-corrected chi connectivity index (χ0v) is 13.2. The van der Waals surface area contributed by atoms with Crippen LogP contribution >= 0.6 is 11.8 Å². The second kappa shape index (κ2) is 7.67. The number of fused-ring (bicyclic) bond motifs is 1. The van der Waals surface area contributed by atoms with E-state index in [9.17, 15) is 4.79 Å². The number of thioether (sulfide) groups is 1. The van der Waals surface area contributed by atoms with E-state index in [2.05, 4.69) is 33.9 Å². The van der Waals surface area contributed by atoms with Crippen LogP contribution in [0, 0.1) is 0 Å². The van der Waals surface area contributed by atoms with Crippen molar-refractivity contribution < 1.29 is 4.79 Å². The molecule has 1 aromatic rings. The molecule has 0 bridgehead atoms. The third-order valence-corrected chi connectivity index (χ3v) is 4.50. The SMILES string of the molecule is CCC[C@H](C)NC(=O)CSc1nnc2n1CCCCC2. The molecule has 1 aliphatic rings. The van der Waals surface area contributed by atoms with E-state index < -0.39 is 0 Å². The molecule has 6 heteroatoms. The molecule has 2 heterocycles. The number of rotatable bonds is 6. The van der Waals surface area contributed by atoms with Gasteiger partial charge in [0.15, 0.2) is 5.16 Å². The van der Waals surface area contributed by atoms with Crippen molar-refractivity contribution >= 4 is 17.7 Å². The fourth-order valence-electron chi connectivity index (χ4n) is 2.52. The first-order valence-electron chi connectivity index (χ1n) is 7.55. The minimum Gasteiger partial charge on any atom is -0.353 e. The molecule has 0 saturated carbocycles. The summed E-state index contributed by atoms with van der Waals surface area (Å²) in [7, 11) is 0. The molecule has 1 N–H and O–H groups in total. The molecule has 5 nitrogen and oxygen atoms in total. The first kappa shape index (κ1) is 15.4. The fourth-order valence-corrected chi connectivity index (χ4v) is 3.31. The second-order valence-electron chi connectivity index (χ2n) is 5.41. The number of carbonyl (C=O) groups excluding carboxylic acids is 1. The average molecular weight is 296 g/mol. The number of hydrogen-bond acceptors (Lipinski definition) is 4. The predicted molar refractivity (Wildman–Crippen MR) is 80.8 cm³/mol. The Morgan fingerprint density at radius 1 is 1.40 bits per heavy atom. The van der Waals surface area contributed by atoms with E-state index in [0.717, 1.165) is 36.8 Å². The summed E-state index contributed by atoms with van der Waals surface area (Å²) >= 11 is 1.50. The van der Waals surface area contributed by atoms with Gasteiger partial charge in [-0.1, -0.05) is 31.5 Å². The number of aromatic nitrogens is 3. The van der Waals surface area contributed by atoms with Crippen LogP contribution in [0.2, 0.25) is 0 Å². The summed E-state index contributed by atoms with van der Waals surface area (Å²) in [6.45, 7) is 5.16. The molecular formula is C14H24N4OS. The van der Waals surface area contributed by atoms with Crippen molar-refractivity contribution in [3.8, 4) is 0 Å². The van der Waals surface area contributed by atoms with E-state index in [1.165, 1.54) is 31.0 Å². The van der Waals surface area contributed by atoms with Gasteiger partial charge in [0, 0.05) is 19.0 Å². The first-order chi connectivity index (χ1) is 9.70. The molecule has 112 valence electrons. The van der Waals surface area contributed by atoms with E-state index in [1.807, 2.05) is 0 Å². The van der Waals surface area contributed by atoms with Crippen molar-refractivity contribution in [2.24, 2.45) is 0 Å². The van der Waals surface area contributed by atoms with E-state index in [0.29, 0.717) is 5.75 Å². The summed E-state index contributed by atoms with van der Waals surface area (Å²) in [5, 5.41) is 12.4. The number of nitrogens with zero attached hydrogens (tertiary/aromatic N) is 3. The quantitative estimate of drug-likeness (QED) is 0.819. The van der Waals surface area contributed by atoms with Crippen molar-refractivity contribution in [3.05, 3.63) is 5.82 Å². The lowest BCUT2D eigenvalue weighted by Crippen LogP contribution is -2.33. The van der Waals surface area contributed by atoms with E-state index in [-0.39, 0.29) is 11.9 Å². The van der Waals surface area contributed by atoms with Crippen LogP contribution in [0.3, 0.4) is 0 Å². The van der Waals surface area contributed by atoms with Crippen molar-refractivity contribution in [1.29, 1.82) is 0 Å². The summed E-state index contributed by atoms with van der Waals surface area (Å²) in [5.41, 5.74) is 0. The topological polar surface area (TPSA) is 59.8 Å². The summed E-state index contributed by atoms with van der Waals surface area (Å²) in [4.78, 5) is 11.9. The van der Waals surface area contributed by atoms with Gasteiger partial charge in [0.05, 0.1) is 5.75 Å². The van der Waals surface area contributed by atoms with Gasteiger partial charge in [0.2, 0.25) is 5.91 Å². The lowest BCUT2D eigenvalue weighted by molar-refractivity contribution is -0.119. The molecule has 0 spiro atoms. The Morgan fingerprint density at radius 2 is 2.25 bits per heavy atom. The minimum absolute atomic E-state index is 0.0851. The number of hydrogen-bond donors (Lipinski definition) is 1.